The normalized spacial score (nSPS) is 17.9. The van der Waals surface area contributed by atoms with Gasteiger partial charge in [0.1, 0.15) is 5.60 Å². The molecule has 2 aromatic carbocycles. The number of likely N-dealkylation sites (tertiary alicyclic amines) is 1. The second-order valence-corrected chi connectivity index (χ2v) is 7.52. The number of amides is 3. The Hall–Kier alpha value is -2.57. The summed E-state index contributed by atoms with van der Waals surface area (Å²) in [7, 11) is 0. The van der Waals surface area contributed by atoms with Crippen LogP contribution in [0.25, 0.3) is 0 Å². The second kappa shape index (κ2) is 6.87. The van der Waals surface area contributed by atoms with Gasteiger partial charge < -0.3 is 10.2 Å². The highest BCUT2D eigenvalue weighted by Gasteiger charge is 2.54. The van der Waals surface area contributed by atoms with Crippen LogP contribution < -0.4 is 5.32 Å². The molecule has 0 unspecified atom stereocenters. The maximum Gasteiger partial charge on any atom is 0.322 e. The molecule has 3 amide bonds. The number of aryl methyl sites for hydroxylation is 1. The molecule has 1 spiro atoms. The lowest BCUT2D eigenvalue weighted by Gasteiger charge is -2.45. The minimum atomic E-state index is -0.598. The predicted octanol–water partition coefficient (Wildman–Crippen LogP) is 3.60. The molecule has 27 heavy (non-hydrogen) atoms. The van der Waals surface area contributed by atoms with Gasteiger partial charge in [0, 0.05) is 10.7 Å². The van der Waals surface area contributed by atoms with Crippen molar-refractivity contribution >= 4 is 29.2 Å². The molecule has 0 aliphatic carbocycles. The summed E-state index contributed by atoms with van der Waals surface area (Å²) in [6.45, 7) is 3.08. The summed E-state index contributed by atoms with van der Waals surface area (Å²) in [5.41, 5.74) is 2.00. The molecule has 0 atom stereocenters. The van der Waals surface area contributed by atoms with Gasteiger partial charge >= 0.3 is 6.03 Å². The topological polar surface area (TPSA) is 61.9 Å². The highest BCUT2D eigenvalue weighted by Crippen LogP contribution is 2.36. The van der Waals surface area contributed by atoms with Crippen molar-refractivity contribution < 1.29 is 14.4 Å². The highest BCUT2D eigenvalue weighted by atomic mass is 35.5. The van der Waals surface area contributed by atoms with E-state index in [0.29, 0.717) is 36.8 Å². The number of hydrogen-bond donors (Lipinski definition) is 1. The summed E-state index contributed by atoms with van der Waals surface area (Å²) in [6, 6.07) is 14.8. The average Bonchev–Trinajstić information content (AvgIpc) is 2.94. The fourth-order valence-electron chi connectivity index (χ4n) is 3.44. The molecule has 2 heterocycles. The van der Waals surface area contributed by atoms with Crippen LogP contribution in [-0.4, -0.2) is 40.6 Å². The van der Waals surface area contributed by atoms with Crippen LogP contribution in [0.1, 0.15) is 17.5 Å². The number of urea groups is 1. The van der Waals surface area contributed by atoms with E-state index in [-0.39, 0.29) is 11.9 Å². The molecule has 2 saturated heterocycles. The summed E-state index contributed by atoms with van der Waals surface area (Å²) >= 11 is 6.01. The van der Waals surface area contributed by atoms with Crippen molar-refractivity contribution in [3.05, 3.63) is 64.7 Å². The van der Waals surface area contributed by atoms with Crippen LogP contribution in [0, 0.1) is 6.92 Å². The zero-order valence-electron chi connectivity index (χ0n) is 14.9. The van der Waals surface area contributed by atoms with Crippen LogP contribution in [0.15, 0.2) is 48.5 Å². The molecule has 0 bridgehead atoms. The molecule has 2 aromatic rings. The Balaban J connectivity index is 1.33. The third kappa shape index (κ3) is 3.63. The van der Waals surface area contributed by atoms with Crippen LogP contribution >= 0.6 is 11.6 Å². The maximum absolute atomic E-state index is 12.4. The van der Waals surface area contributed by atoms with Gasteiger partial charge in [0.15, 0.2) is 0 Å². The Kier molecular flexibility index (Phi) is 4.53. The first kappa shape index (κ1) is 17.8. The molecule has 2 aliphatic rings. The molecule has 140 valence electrons. The number of carbonyl (C=O) groups is 2. The van der Waals surface area contributed by atoms with Gasteiger partial charge in [0.25, 0.3) is 0 Å². The van der Waals surface area contributed by atoms with E-state index in [1.54, 1.807) is 17.0 Å². The quantitative estimate of drug-likeness (QED) is 0.878. The number of nitrogens with zero attached hydrogens (tertiary/aromatic N) is 2. The maximum atomic E-state index is 12.4. The van der Waals surface area contributed by atoms with Crippen molar-refractivity contribution in [3.8, 4) is 0 Å². The van der Waals surface area contributed by atoms with Gasteiger partial charge in [-0.25, -0.2) is 9.86 Å². The largest absolute Gasteiger partial charge is 0.322 e. The minimum Gasteiger partial charge on any atom is -0.318 e. The molecule has 0 saturated carbocycles. The number of hydrogen-bond acceptors (Lipinski definition) is 3. The Bertz CT molecular complexity index is 881. The van der Waals surface area contributed by atoms with Gasteiger partial charge in [0.2, 0.25) is 5.91 Å². The molecule has 0 aromatic heterocycles. The summed E-state index contributed by atoms with van der Waals surface area (Å²) in [5.74, 6) is -0.0489. The van der Waals surface area contributed by atoms with Crippen molar-refractivity contribution in [1.82, 2.24) is 9.96 Å². The van der Waals surface area contributed by atoms with Gasteiger partial charge in [-0.15, -0.1) is 0 Å². The van der Waals surface area contributed by atoms with Gasteiger partial charge in [-0.1, -0.05) is 41.9 Å². The van der Waals surface area contributed by atoms with Crippen molar-refractivity contribution in [2.24, 2.45) is 0 Å². The number of nitrogens with one attached hydrogen (secondary N) is 1. The van der Waals surface area contributed by atoms with Crippen LogP contribution in [-0.2, 0) is 16.2 Å². The number of hydroxylamine groups is 2. The van der Waals surface area contributed by atoms with E-state index in [1.807, 2.05) is 43.3 Å². The zero-order chi connectivity index (χ0) is 19.0. The van der Waals surface area contributed by atoms with E-state index < -0.39 is 5.60 Å². The summed E-state index contributed by atoms with van der Waals surface area (Å²) < 4.78 is 0. The lowest BCUT2D eigenvalue weighted by Crippen LogP contribution is -2.64. The predicted molar refractivity (Wildman–Crippen MR) is 102 cm³/mol. The molecular formula is C20H20ClN3O3. The molecule has 2 aliphatic heterocycles. The minimum absolute atomic E-state index is 0.0489. The number of anilines is 1. The number of carbonyl (C=O) groups excluding carboxylic acids is 2. The van der Waals surface area contributed by atoms with E-state index in [0.717, 1.165) is 11.1 Å². The summed E-state index contributed by atoms with van der Waals surface area (Å²) in [5, 5.41) is 4.92. The smallest absolute Gasteiger partial charge is 0.318 e. The van der Waals surface area contributed by atoms with Crippen molar-refractivity contribution in [2.75, 3.05) is 18.4 Å². The Morgan fingerprint density at radius 2 is 1.96 bits per heavy atom. The van der Waals surface area contributed by atoms with E-state index in [4.69, 9.17) is 16.4 Å². The molecule has 6 nitrogen and oxygen atoms in total. The van der Waals surface area contributed by atoms with Crippen LogP contribution in [0.2, 0.25) is 5.02 Å². The van der Waals surface area contributed by atoms with Gasteiger partial charge in [-0.05, 0) is 36.2 Å². The van der Waals surface area contributed by atoms with E-state index in [1.165, 1.54) is 5.06 Å². The lowest BCUT2D eigenvalue weighted by molar-refractivity contribution is -0.232. The molecule has 0 radical (unpaired) electrons. The molecule has 7 heteroatoms. The van der Waals surface area contributed by atoms with Crippen molar-refractivity contribution in [3.63, 3.8) is 0 Å². The SMILES string of the molecule is Cc1cc(NC(=O)N2CC3(CC(=O)N(Cc4ccccc4)O3)C2)ccc1Cl. The van der Waals surface area contributed by atoms with Gasteiger partial charge in [-0.3, -0.25) is 9.63 Å². The third-order valence-corrected chi connectivity index (χ3v) is 5.30. The molecule has 2 fully saturated rings. The lowest BCUT2D eigenvalue weighted by atomic mass is 9.91. The number of benzene rings is 2. The Morgan fingerprint density at radius 1 is 1.22 bits per heavy atom. The van der Waals surface area contributed by atoms with Crippen LogP contribution in [0.4, 0.5) is 10.5 Å². The number of rotatable bonds is 3. The second-order valence-electron chi connectivity index (χ2n) is 7.12. The van der Waals surface area contributed by atoms with E-state index in [2.05, 4.69) is 5.32 Å². The van der Waals surface area contributed by atoms with Crippen LogP contribution in [0.5, 0.6) is 0 Å². The fraction of sp³-hybridized carbons (Fsp3) is 0.300. The number of halogens is 1. The van der Waals surface area contributed by atoms with Crippen molar-refractivity contribution in [2.45, 2.75) is 25.5 Å². The van der Waals surface area contributed by atoms with Crippen molar-refractivity contribution in [1.29, 1.82) is 0 Å². The van der Waals surface area contributed by atoms with E-state index >= 15 is 0 Å². The van der Waals surface area contributed by atoms with E-state index in [9.17, 15) is 9.59 Å². The highest BCUT2D eigenvalue weighted by molar-refractivity contribution is 6.31. The Labute approximate surface area is 162 Å². The van der Waals surface area contributed by atoms with Gasteiger partial charge in [0.05, 0.1) is 26.1 Å². The summed E-state index contributed by atoms with van der Waals surface area (Å²) in [4.78, 5) is 32.3. The molecule has 1 N–H and O–H groups in total. The van der Waals surface area contributed by atoms with Gasteiger partial charge in [-0.2, -0.15) is 0 Å². The fourth-order valence-corrected chi connectivity index (χ4v) is 3.56. The first-order valence-electron chi connectivity index (χ1n) is 8.80. The third-order valence-electron chi connectivity index (χ3n) is 4.88. The Morgan fingerprint density at radius 3 is 2.67 bits per heavy atom. The summed E-state index contributed by atoms with van der Waals surface area (Å²) in [6.07, 6.45) is 0.295. The zero-order valence-corrected chi connectivity index (χ0v) is 15.7. The first-order valence-corrected chi connectivity index (χ1v) is 9.17. The monoisotopic (exact) mass is 385 g/mol. The van der Waals surface area contributed by atoms with Crippen LogP contribution in [0.3, 0.4) is 0 Å². The average molecular weight is 386 g/mol. The molecule has 4 rings (SSSR count). The standard InChI is InChI=1S/C20H20ClN3O3/c1-14-9-16(7-8-17(14)21)22-19(26)23-12-20(13-23)10-18(25)24(27-20)11-15-5-3-2-4-6-15/h2-9H,10-13H2,1H3,(H,22,26). The molecular weight excluding hydrogens is 366 g/mol. The first-order chi connectivity index (χ1) is 12.9.